The SMILES string of the molecule is COc1cccc(C(O)/C(=C/CN(C)C)c2ccccc2)c1OC. The number of methoxy groups -OCH3 is 2. The first-order valence-electron chi connectivity index (χ1n) is 7.87. The van der Waals surface area contributed by atoms with E-state index in [2.05, 4.69) is 4.90 Å². The molecule has 2 aromatic carbocycles. The Bertz CT molecular complexity index is 681. The molecule has 4 heteroatoms. The van der Waals surface area contributed by atoms with Gasteiger partial charge in [0, 0.05) is 12.1 Å². The van der Waals surface area contributed by atoms with E-state index in [1.807, 2.05) is 68.7 Å². The Kier molecular flexibility index (Phi) is 6.41. The Morgan fingerprint density at radius 1 is 1.04 bits per heavy atom. The van der Waals surface area contributed by atoms with Gasteiger partial charge in [0.25, 0.3) is 0 Å². The van der Waals surface area contributed by atoms with Crippen LogP contribution in [0.2, 0.25) is 0 Å². The summed E-state index contributed by atoms with van der Waals surface area (Å²) in [6.07, 6.45) is 1.23. The van der Waals surface area contributed by atoms with Crippen molar-refractivity contribution in [2.45, 2.75) is 6.10 Å². The number of aliphatic hydroxyl groups excluding tert-OH is 1. The van der Waals surface area contributed by atoms with E-state index in [1.54, 1.807) is 14.2 Å². The number of rotatable bonds is 7. The molecular weight excluding hydrogens is 302 g/mol. The van der Waals surface area contributed by atoms with Gasteiger partial charge < -0.3 is 19.5 Å². The number of aliphatic hydroxyl groups is 1. The van der Waals surface area contributed by atoms with Gasteiger partial charge >= 0.3 is 0 Å². The molecule has 1 unspecified atom stereocenters. The monoisotopic (exact) mass is 327 g/mol. The second-order valence-electron chi connectivity index (χ2n) is 5.77. The van der Waals surface area contributed by atoms with Crippen LogP contribution in [0.15, 0.2) is 54.6 Å². The first kappa shape index (κ1) is 18.0. The van der Waals surface area contributed by atoms with Crippen LogP contribution in [-0.2, 0) is 0 Å². The average molecular weight is 327 g/mol. The van der Waals surface area contributed by atoms with E-state index in [-0.39, 0.29) is 0 Å². The van der Waals surface area contributed by atoms with Crippen LogP contribution in [-0.4, -0.2) is 44.9 Å². The first-order valence-corrected chi connectivity index (χ1v) is 7.87. The molecule has 4 nitrogen and oxygen atoms in total. The standard InChI is InChI=1S/C20H25NO3/c1-21(2)14-13-16(15-9-6-5-7-10-15)19(22)17-11-8-12-18(23-3)20(17)24-4/h5-13,19,22H,14H2,1-4H3/b16-13+. The van der Waals surface area contributed by atoms with Crippen molar-refractivity contribution in [3.63, 3.8) is 0 Å². The van der Waals surface area contributed by atoms with Crippen LogP contribution < -0.4 is 9.47 Å². The largest absolute Gasteiger partial charge is 0.493 e. The molecule has 0 fully saturated rings. The zero-order valence-electron chi connectivity index (χ0n) is 14.7. The predicted octanol–water partition coefficient (Wildman–Crippen LogP) is 3.38. The van der Waals surface area contributed by atoms with E-state index >= 15 is 0 Å². The summed E-state index contributed by atoms with van der Waals surface area (Å²) < 4.78 is 10.8. The van der Waals surface area contributed by atoms with E-state index in [4.69, 9.17) is 9.47 Å². The average Bonchev–Trinajstić information content (AvgIpc) is 2.61. The molecule has 0 aromatic heterocycles. The molecule has 24 heavy (non-hydrogen) atoms. The number of para-hydroxylation sites is 1. The fourth-order valence-electron chi connectivity index (χ4n) is 2.59. The second kappa shape index (κ2) is 8.52. The molecule has 0 bridgehead atoms. The maximum absolute atomic E-state index is 11.1. The third-order valence-electron chi connectivity index (χ3n) is 3.81. The molecule has 0 aliphatic rings. The second-order valence-corrected chi connectivity index (χ2v) is 5.77. The van der Waals surface area contributed by atoms with Crippen LogP contribution in [0.1, 0.15) is 17.2 Å². The molecule has 0 spiro atoms. The maximum atomic E-state index is 11.1. The van der Waals surface area contributed by atoms with Crippen molar-refractivity contribution in [2.24, 2.45) is 0 Å². The highest BCUT2D eigenvalue weighted by Crippen LogP contribution is 2.39. The van der Waals surface area contributed by atoms with Gasteiger partial charge in [0.1, 0.15) is 6.10 Å². The summed E-state index contributed by atoms with van der Waals surface area (Å²) >= 11 is 0. The highest BCUT2D eigenvalue weighted by Gasteiger charge is 2.21. The van der Waals surface area contributed by atoms with Crippen molar-refractivity contribution in [2.75, 3.05) is 34.9 Å². The van der Waals surface area contributed by atoms with Gasteiger partial charge in [-0.15, -0.1) is 0 Å². The molecule has 2 aromatic rings. The van der Waals surface area contributed by atoms with Crippen molar-refractivity contribution >= 4 is 5.57 Å². The molecule has 0 heterocycles. The van der Waals surface area contributed by atoms with Gasteiger partial charge in [0.2, 0.25) is 0 Å². The molecule has 0 aliphatic carbocycles. The van der Waals surface area contributed by atoms with Crippen LogP contribution >= 0.6 is 0 Å². The van der Waals surface area contributed by atoms with Crippen LogP contribution in [0.25, 0.3) is 5.57 Å². The molecule has 0 saturated heterocycles. The third-order valence-corrected chi connectivity index (χ3v) is 3.81. The van der Waals surface area contributed by atoms with Crippen LogP contribution in [0, 0.1) is 0 Å². The van der Waals surface area contributed by atoms with Gasteiger partial charge in [-0.2, -0.15) is 0 Å². The molecule has 0 aliphatic heterocycles. The van der Waals surface area contributed by atoms with E-state index < -0.39 is 6.10 Å². The number of likely N-dealkylation sites (N-methyl/N-ethyl adjacent to an activating group) is 1. The molecule has 0 saturated carbocycles. The molecule has 128 valence electrons. The van der Waals surface area contributed by atoms with Gasteiger partial charge in [-0.25, -0.2) is 0 Å². The van der Waals surface area contributed by atoms with Crippen molar-refractivity contribution < 1.29 is 14.6 Å². The molecule has 1 N–H and O–H groups in total. The fraction of sp³-hybridized carbons (Fsp3) is 0.300. The number of ether oxygens (including phenoxy) is 2. The molecule has 0 radical (unpaired) electrons. The van der Waals surface area contributed by atoms with Crippen LogP contribution in [0.4, 0.5) is 0 Å². The topological polar surface area (TPSA) is 41.9 Å². The summed E-state index contributed by atoms with van der Waals surface area (Å²) in [4.78, 5) is 2.05. The highest BCUT2D eigenvalue weighted by molar-refractivity contribution is 5.72. The third kappa shape index (κ3) is 4.16. The number of benzene rings is 2. The van der Waals surface area contributed by atoms with E-state index in [0.29, 0.717) is 17.1 Å². The van der Waals surface area contributed by atoms with Gasteiger partial charge in [-0.3, -0.25) is 0 Å². The smallest absolute Gasteiger partial charge is 0.166 e. The highest BCUT2D eigenvalue weighted by atomic mass is 16.5. The molecule has 2 rings (SSSR count). The summed E-state index contributed by atoms with van der Waals surface area (Å²) in [5, 5.41) is 11.1. The minimum atomic E-state index is -0.808. The first-order chi connectivity index (χ1) is 11.6. The zero-order chi connectivity index (χ0) is 17.5. The minimum absolute atomic E-state index is 0.555. The normalized spacial score (nSPS) is 13.0. The van der Waals surface area contributed by atoms with Gasteiger partial charge in [0.05, 0.1) is 14.2 Å². The molecule has 0 amide bonds. The Hall–Kier alpha value is -2.30. The molecular formula is C20H25NO3. The zero-order valence-corrected chi connectivity index (χ0v) is 14.7. The lowest BCUT2D eigenvalue weighted by Crippen LogP contribution is -2.13. The van der Waals surface area contributed by atoms with E-state index in [9.17, 15) is 5.11 Å². The van der Waals surface area contributed by atoms with E-state index in [1.165, 1.54) is 0 Å². The lowest BCUT2D eigenvalue weighted by Gasteiger charge is -2.21. The van der Waals surface area contributed by atoms with Crippen LogP contribution in [0.3, 0.4) is 0 Å². The predicted molar refractivity (Wildman–Crippen MR) is 97.5 cm³/mol. The van der Waals surface area contributed by atoms with Gasteiger partial charge in [-0.05, 0) is 31.3 Å². The lowest BCUT2D eigenvalue weighted by atomic mass is 9.94. The lowest BCUT2D eigenvalue weighted by molar-refractivity contribution is 0.229. The van der Waals surface area contributed by atoms with Crippen molar-refractivity contribution in [1.82, 2.24) is 4.90 Å². The maximum Gasteiger partial charge on any atom is 0.166 e. The van der Waals surface area contributed by atoms with Gasteiger partial charge in [0.15, 0.2) is 11.5 Å². The van der Waals surface area contributed by atoms with Crippen molar-refractivity contribution in [3.05, 3.63) is 65.7 Å². The summed E-state index contributed by atoms with van der Waals surface area (Å²) in [5.74, 6) is 1.16. The Morgan fingerprint density at radius 3 is 2.33 bits per heavy atom. The Labute approximate surface area is 143 Å². The Balaban J connectivity index is 2.49. The van der Waals surface area contributed by atoms with Gasteiger partial charge in [-0.1, -0.05) is 48.5 Å². The summed E-state index contributed by atoms with van der Waals surface area (Å²) in [7, 11) is 7.17. The summed E-state index contributed by atoms with van der Waals surface area (Å²) in [6.45, 7) is 0.730. The van der Waals surface area contributed by atoms with Crippen molar-refractivity contribution in [1.29, 1.82) is 0 Å². The molecule has 1 atom stereocenters. The number of hydrogen-bond donors (Lipinski definition) is 1. The van der Waals surface area contributed by atoms with Crippen molar-refractivity contribution in [3.8, 4) is 11.5 Å². The van der Waals surface area contributed by atoms with Crippen LogP contribution in [0.5, 0.6) is 11.5 Å². The quantitative estimate of drug-likeness (QED) is 0.846. The van der Waals surface area contributed by atoms with E-state index in [0.717, 1.165) is 17.7 Å². The number of hydrogen-bond acceptors (Lipinski definition) is 4. The summed E-state index contributed by atoms with van der Waals surface area (Å²) in [6, 6.07) is 15.4. The minimum Gasteiger partial charge on any atom is -0.493 e. The fourth-order valence-corrected chi connectivity index (χ4v) is 2.59. The number of nitrogens with zero attached hydrogens (tertiary/aromatic N) is 1. The Morgan fingerprint density at radius 2 is 1.75 bits per heavy atom. The summed E-state index contributed by atoms with van der Waals surface area (Å²) in [5.41, 5.74) is 2.51.